The Labute approximate surface area is 193 Å². The number of aromatic nitrogens is 1. The van der Waals surface area contributed by atoms with Gasteiger partial charge in [-0.05, 0) is 35.9 Å². The summed E-state index contributed by atoms with van der Waals surface area (Å²) in [7, 11) is 1.54. The van der Waals surface area contributed by atoms with Crippen LogP contribution in [-0.2, 0) is 27.4 Å². The number of methoxy groups -OCH3 is 1. The summed E-state index contributed by atoms with van der Waals surface area (Å²) in [6.07, 6.45) is 2.99. The highest BCUT2D eigenvalue weighted by Gasteiger charge is 2.11. The summed E-state index contributed by atoms with van der Waals surface area (Å²) in [5, 5.41) is 6.01. The SMILES string of the molecule is COc1ccccc1NC(=O)Cc1nc(COC(=O)/C=C/c2ccc(Cl)c(Cl)c2)cs1. The van der Waals surface area contributed by atoms with Gasteiger partial charge < -0.3 is 14.8 Å². The predicted octanol–water partition coefficient (Wildman–Crippen LogP) is 5.40. The number of anilines is 1. The van der Waals surface area contributed by atoms with Gasteiger partial charge in [0.25, 0.3) is 0 Å². The van der Waals surface area contributed by atoms with Crippen LogP contribution >= 0.6 is 34.5 Å². The minimum atomic E-state index is -0.519. The minimum Gasteiger partial charge on any atom is -0.495 e. The molecule has 0 bridgehead atoms. The van der Waals surface area contributed by atoms with Gasteiger partial charge in [0.15, 0.2) is 0 Å². The van der Waals surface area contributed by atoms with Crippen LogP contribution in [0.25, 0.3) is 6.08 Å². The number of nitrogens with one attached hydrogen (secondary N) is 1. The number of ether oxygens (including phenoxy) is 2. The highest BCUT2D eigenvalue weighted by atomic mass is 35.5. The van der Waals surface area contributed by atoms with Crippen molar-refractivity contribution in [1.82, 2.24) is 4.98 Å². The van der Waals surface area contributed by atoms with Crippen LogP contribution in [0, 0.1) is 0 Å². The number of rotatable bonds is 8. The zero-order valence-electron chi connectivity index (χ0n) is 16.4. The van der Waals surface area contributed by atoms with E-state index < -0.39 is 5.97 Å². The van der Waals surface area contributed by atoms with Crippen molar-refractivity contribution in [2.45, 2.75) is 13.0 Å². The molecule has 9 heteroatoms. The standard InChI is InChI=1S/C22H18Cl2N2O4S/c1-29-19-5-3-2-4-18(19)26-20(27)11-21-25-15(13-31-21)12-30-22(28)9-7-14-6-8-16(23)17(24)10-14/h2-10,13H,11-12H2,1H3,(H,26,27)/b9-7+. The van der Waals surface area contributed by atoms with Crippen LogP contribution < -0.4 is 10.1 Å². The Balaban J connectivity index is 1.49. The fourth-order valence-electron chi connectivity index (χ4n) is 2.55. The lowest BCUT2D eigenvalue weighted by Gasteiger charge is -2.08. The summed E-state index contributed by atoms with van der Waals surface area (Å²) >= 11 is 13.1. The van der Waals surface area contributed by atoms with Gasteiger partial charge in [-0.15, -0.1) is 11.3 Å². The first-order valence-electron chi connectivity index (χ1n) is 9.10. The highest BCUT2D eigenvalue weighted by Crippen LogP contribution is 2.24. The van der Waals surface area contributed by atoms with Crippen LogP contribution in [0.4, 0.5) is 5.69 Å². The summed E-state index contributed by atoms with van der Waals surface area (Å²) in [5.41, 5.74) is 1.89. The second kappa shape index (κ2) is 10.9. The van der Waals surface area contributed by atoms with Crippen LogP contribution in [0.5, 0.6) is 5.75 Å². The van der Waals surface area contributed by atoms with Gasteiger partial charge in [0.2, 0.25) is 5.91 Å². The Morgan fingerprint density at radius 3 is 2.74 bits per heavy atom. The van der Waals surface area contributed by atoms with Gasteiger partial charge in [0.1, 0.15) is 17.4 Å². The molecule has 6 nitrogen and oxygen atoms in total. The Hall–Kier alpha value is -2.87. The number of nitrogens with zero attached hydrogens (tertiary/aromatic N) is 1. The predicted molar refractivity (Wildman–Crippen MR) is 123 cm³/mol. The van der Waals surface area contributed by atoms with Gasteiger partial charge in [-0.3, -0.25) is 4.79 Å². The Morgan fingerprint density at radius 1 is 1.16 bits per heavy atom. The van der Waals surface area contributed by atoms with Gasteiger partial charge in [0, 0.05) is 11.5 Å². The first-order chi connectivity index (χ1) is 14.9. The van der Waals surface area contributed by atoms with Crippen molar-refractivity contribution in [3.05, 3.63) is 80.2 Å². The van der Waals surface area contributed by atoms with E-state index in [4.69, 9.17) is 32.7 Å². The maximum atomic E-state index is 12.3. The van der Waals surface area contributed by atoms with Crippen molar-refractivity contribution in [1.29, 1.82) is 0 Å². The number of hydrogen-bond acceptors (Lipinski definition) is 6. The lowest BCUT2D eigenvalue weighted by Crippen LogP contribution is -2.15. The molecule has 1 amide bonds. The van der Waals surface area contributed by atoms with E-state index in [2.05, 4.69) is 10.3 Å². The smallest absolute Gasteiger partial charge is 0.331 e. The van der Waals surface area contributed by atoms with E-state index in [9.17, 15) is 9.59 Å². The molecule has 1 N–H and O–H groups in total. The fraction of sp³-hybridized carbons (Fsp3) is 0.136. The van der Waals surface area contributed by atoms with Crippen molar-refractivity contribution in [2.24, 2.45) is 0 Å². The number of carbonyl (C=O) groups is 2. The zero-order chi connectivity index (χ0) is 22.2. The van der Waals surface area contributed by atoms with Gasteiger partial charge in [-0.1, -0.05) is 41.4 Å². The lowest BCUT2D eigenvalue weighted by molar-refractivity contribution is -0.139. The average Bonchev–Trinajstić information content (AvgIpc) is 3.20. The molecule has 0 radical (unpaired) electrons. The molecule has 3 aromatic rings. The molecule has 0 atom stereocenters. The van der Waals surface area contributed by atoms with Gasteiger partial charge in [-0.25, -0.2) is 9.78 Å². The molecule has 0 spiro atoms. The van der Waals surface area contributed by atoms with E-state index in [0.29, 0.717) is 32.2 Å². The molecule has 0 aliphatic heterocycles. The third kappa shape index (κ3) is 6.82. The molecule has 0 aliphatic carbocycles. The number of para-hydroxylation sites is 2. The van der Waals surface area contributed by atoms with E-state index in [1.807, 2.05) is 12.1 Å². The first-order valence-corrected chi connectivity index (χ1v) is 10.7. The Kier molecular flexibility index (Phi) is 8.06. The molecule has 2 aromatic carbocycles. The second-order valence-corrected chi connectivity index (χ2v) is 8.03. The Bertz CT molecular complexity index is 1110. The number of esters is 1. The molecule has 3 rings (SSSR count). The zero-order valence-corrected chi connectivity index (χ0v) is 18.8. The van der Waals surface area contributed by atoms with Crippen LogP contribution in [0.15, 0.2) is 53.9 Å². The minimum absolute atomic E-state index is 0.00910. The van der Waals surface area contributed by atoms with Crippen molar-refractivity contribution >= 4 is 58.2 Å². The molecular weight excluding hydrogens is 459 g/mol. The number of halogens is 2. The second-order valence-electron chi connectivity index (χ2n) is 6.27. The molecule has 0 saturated carbocycles. The maximum Gasteiger partial charge on any atom is 0.331 e. The van der Waals surface area contributed by atoms with Gasteiger partial charge >= 0.3 is 5.97 Å². The molecule has 0 unspecified atom stereocenters. The Morgan fingerprint density at radius 2 is 1.97 bits per heavy atom. The molecule has 0 saturated heterocycles. The van der Waals surface area contributed by atoms with E-state index in [1.54, 1.807) is 48.9 Å². The summed E-state index contributed by atoms with van der Waals surface area (Å²) < 4.78 is 10.4. The molecular formula is C22H18Cl2N2O4S. The van der Waals surface area contributed by atoms with Crippen LogP contribution in [-0.4, -0.2) is 24.0 Å². The maximum absolute atomic E-state index is 12.3. The number of thiazole rings is 1. The summed E-state index contributed by atoms with van der Waals surface area (Å²) in [4.78, 5) is 28.5. The van der Waals surface area contributed by atoms with Crippen LogP contribution in [0.2, 0.25) is 10.0 Å². The fourth-order valence-corrected chi connectivity index (χ4v) is 3.63. The van der Waals surface area contributed by atoms with E-state index in [1.165, 1.54) is 17.4 Å². The largest absolute Gasteiger partial charge is 0.495 e. The van der Waals surface area contributed by atoms with Crippen molar-refractivity contribution < 1.29 is 19.1 Å². The monoisotopic (exact) mass is 476 g/mol. The molecule has 0 aliphatic rings. The lowest BCUT2D eigenvalue weighted by atomic mass is 10.2. The van der Waals surface area contributed by atoms with Crippen molar-refractivity contribution in [3.63, 3.8) is 0 Å². The topological polar surface area (TPSA) is 77.5 Å². The molecule has 31 heavy (non-hydrogen) atoms. The number of amides is 1. The number of benzene rings is 2. The van der Waals surface area contributed by atoms with Gasteiger partial charge in [0.05, 0.1) is 35.0 Å². The van der Waals surface area contributed by atoms with Crippen molar-refractivity contribution in [3.8, 4) is 5.75 Å². The summed E-state index contributed by atoms with van der Waals surface area (Å²) in [5.74, 6) is -0.155. The average molecular weight is 477 g/mol. The third-order valence-electron chi connectivity index (χ3n) is 4.01. The summed E-state index contributed by atoms with van der Waals surface area (Å²) in [6, 6.07) is 12.2. The molecule has 1 heterocycles. The van der Waals surface area contributed by atoms with E-state index >= 15 is 0 Å². The normalized spacial score (nSPS) is 10.8. The van der Waals surface area contributed by atoms with E-state index in [0.717, 1.165) is 5.56 Å². The molecule has 1 aromatic heterocycles. The van der Waals surface area contributed by atoms with Crippen molar-refractivity contribution in [2.75, 3.05) is 12.4 Å². The quantitative estimate of drug-likeness (QED) is 0.348. The summed E-state index contributed by atoms with van der Waals surface area (Å²) in [6.45, 7) is 0.00910. The van der Waals surface area contributed by atoms with Crippen LogP contribution in [0.3, 0.4) is 0 Å². The molecule has 0 fully saturated rings. The van der Waals surface area contributed by atoms with Crippen LogP contribution in [0.1, 0.15) is 16.3 Å². The number of hydrogen-bond donors (Lipinski definition) is 1. The van der Waals surface area contributed by atoms with E-state index in [-0.39, 0.29) is 18.9 Å². The number of carbonyl (C=O) groups excluding carboxylic acids is 2. The molecule has 160 valence electrons. The highest BCUT2D eigenvalue weighted by molar-refractivity contribution is 7.09. The first kappa shape index (κ1) is 22.8. The van der Waals surface area contributed by atoms with Gasteiger partial charge in [-0.2, -0.15) is 0 Å². The third-order valence-corrected chi connectivity index (χ3v) is 5.65.